The molecule has 0 spiro atoms. The molecule has 1 unspecified atom stereocenters. The Hall–Kier alpha value is -1.62. The van der Waals surface area contributed by atoms with Gasteiger partial charge in [0.2, 0.25) is 5.76 Å². The van der Waals surface area contributed by atoms with E-state index in [-0.39, 0.29) is 6.61 Å². The molecule has 78 valence electrons. The summed E-state index contributed by atoms with van der Waals surface area (Å²) < 4.78 is 8.90. The molecule has 14 heavy (non-hydrogen) atoms. The fraction of sp³-hybridized carbons (Fsp3) is 0.333. The number of carbonyl (C=O) groups excluding carboxylic acids is 2. The first kappa shape index (κ1) is 12.4. The Morgan fingerprint density at radius 1 is 1.57 bits per heavy atom. The second kappa shape index (κ2) is 5.93. The first-order valence-corrected chi connectivity index (χ1v) is 3.85. The van der Waals surface area contributed by atoms with Crippen molar-refractivity contribution < 1.29 is 24.2 Å². The van der Waals surface area contributed by atoms with E-state index in [1.165, 1.54) is 6.92 Å². The largest absolute Gasteiger partial charge is 0.457 e. The van der Waals surface area contributed by atoms with Crippen molar-refractivity contribution in [1.82, 2.24) is 0 Å². The SMILES string of the molecule is C=CC(=O)OC(=C)C(=O)OCC(C)O. The van der Waals surface area contributed by atoms with Gasteiger partial charge in [0, 0.05) is 6.08 Å². The molecule has 0 aromatic heterocycles. The fourth-order valence-electron chi connectivity index (χ4n) is 0.482. The zero-order chi connectivity index (χ0) is 11.1. The number of aliphatic hydroxyl groups excluding tert-OH is 1. The van der Waals surface area contributed by atoms with Crippen molar-refractivity contribution in [2.75, 3.05) is 6.61 Å². The number of rotatable bonds is 5. The van der Waals surface area contributed by atoms with Crippen LogP contribution in [0.15, 0.2) is 25.0 Å². The van der Waals surface area contributed by atoms with Crippen LogP contribution in [0.25, 0.3) is 0 Å². The summed E-state index contributed by atoms with van der Waals surface area (Å²) >= 11 is 0. The molecule has 5 nitrogen and oxygen atoms in total. The highest BCUT2D eigenvalue weighted by Gasteiger charge is 2.13. The first-order chi connectivity index (χ1) is 6.47. The van der Waals surface area contributed by atoms with Crippen LogP contribution in [0.2, 0.25) is 0 Å². The Morgan fingerprint density at radius 2 is 2.14 bits per heavy atom. The van der Waals surface area contributed by atoms with Crippen LogP contribution < -0.4 is 0 Å². The van der Waals surface area contributed by atoms with Crippen LogP contribution in [0.1, 0.15) is 6.92 Å². The monoisotopic (exact) mass is 200 g/mol. The molecular weight excluding hydrogens is 188 g/mol. The van der Waals surface area contributed by atoms with E-state index in [0.717, 1.165) is 6.08 Å². The number of ether oxygens (including phenoxy) is 2. The van der Waals surface area contributed by atoms with Crippen LogP contribution in [0.5, 0.6) is 0 Å². The molecule has 0 radical (unpaired) electrons. The van der Waals surface area contributed by atoms with Gasteiger partial charge in [-0.05, 0) is 13.5 Å². The van der Waals surface area contributed by atoms with E-state index in [9.17, 15) is 9.59 Å². The van der Waals surface area contributed by atoms with E-state index in [4.69, 9.17) is 5.11 Å². The third kappa shape index (κ3) is 5.10. The molecule has 0 saturated heterocycles. The van der Waals surface area contributed by atoms with Crippen molar-refractivity contribution in [2.45, 2.75) is 13.0 Å². The minimum Gasteiger partial charge on any atom is -0.457 e. The van der Waals surface area contributed by atoms with Crippen LogP contribution in [-0.4, -0.2) is 29.8 Å². The molecule has 0 aliphatic carbocycles. The molecule has 0 aromatic carbocycles. The Morgan fingerprint density at radius 3 is 2.57 bits per heavy atom. The number of carbonyl (C=O) groups is 2. The summed E-state index contributed by atoms with van der Waals surface area (Å²) in [5.74, 6) is -2.11. The van der Waals surface area contributed by atoms with Gasteiger partial charge in [0.1, 0.15) is 6.61 Å². The molecule has 0 heterocycles. The second-order valence-corrected chi connectivity index (χ2v) is 2.50. The Balaban J connectivity index is 3.94. The summed E-state index contributed by atoms with van der Waals surface area (Å²) in [6, 6.07) is 0. The highest BCUT2D eigenvalue weighted by atomic mass is 16.6. The molecule has 1 atom stereocenters. The van der Waals surface area contributed by atoms with Crippen LogP contribution in [-0.2, 0) is 19.1 Å². The quantitative estimate of drug-likeness (QED) is 0.388. The lowest BCUT2D eigenvalue weighted by Crippen LogP contribution is -2.18. The average molecular weight is 200 g/mol. The molecule has 0 amide bonds. The lowest BCUT2D eigenvalue weighted by Gasteiger charge is -2.07. The van der Waals surface area contributed by atoms with Gasteiger partial charge in [-0.2, -0.15) is 0 Å². The highest BCUT2D eigenvalue weighted by molar-refractivity contribution is 5.91. The summed E-state index contributed by atoms with van der Waals surface area (Å²) in [7, 11) is 0. The van der Waals surface area contributed by atoms with E-state index >= 15 is 0 Å². The molecule has 0 bridgehead atoms. The lowest BCUT2D eigenvalue weighted by atomic mass is 10.4. The number of esters is 2. The molecule has 0 fully saturated rings. The summed E-state index contributed by atoms with van der Waals surface area (Å²) in [6.45, 7) is 7.59. The molecule has 0 saturated carbocycles. The minimum absolute atomic E-state index is 0.177. The smallest absolute Gasteiger partial charge is 0.373 e. The van der Waals surface area contributed by atoms with Gasteiger partial charge < -0.3 is 14.6 Å². The summed E-state index contributed by atoms with van der Waals surface area (Å²) in [5, 5.41) is 8.78. The standard InChI is InChI=1S/C9H12O5/c1-4-8(11)14-7(3)9(12)13-5-6(2)10/h4,6,10H,1,3,5H2,2H3. The van der Waals surface area contributed by atoms with Crippen molar-refractivity contribution in [3.8, 4) is 0 Å². The Kier molecular flexibility index (Phi) is 5.24. The summed E-state index contributed by atoms with van der Waals surface area (Å²) in [4.78, 5) is 21.6. The normalized spacial score (nSPS) is 11.3. The number of hydrogen-bond donors (Lipinski definition) is 1. The first-order valence-electron chi connectivity index (χ1n) is 3.85. The van der Waals surface area contributed by atoms with Gasteiger partial charge in [-0.15, -0.1) is 0 Å². The van der Waals surface area contributed by atoms with Crippen LogP contribution in [0, 0.1) is 0 Å². The average Bonchev–Trinajstić information content (AvgIpc) is 2.13. The van der Waals surface area contributed by atoms with Crippen LogP contribution in [0.4, 0.5) is 0 Å². The molecular formula is C9H12O5. The Labute approximate surface area is 81.6 Å². The van der Waals surface area contributed by atoms with Crippen LogP contribution in [0.3, 0.4) is 0 Å². The van der Waals surface area contributed by atoms with Gasteiger partial charge in [-0.1, -0.05) is 6.58 Å². The summed E-state index contributed by atoms with van der Waals surface area (Å²) in [6.07, 6.45) is 0.120. The van der Waals surface area contributed by atoms with Gasteiger partial charge in [0.15, 0.2) is 0 Å². The van der Waals surface area contributed by atoms with Crippen molar-refractivity contribution in [2.24, 2.45) is 0 Å². The maximum atomic E-state index is 11.0. The fourth-order valence-corrected chi connectivity index (χ4v) is 0.482. The molecule has 5 heteroatoms. The van der Waals surface area contributed by atoms with Gasteiger partial charge in [0.05, 0.1) is 6.10 Å². The predicted octanol–water partition coefficient (Wildman–Crippen LogP) is 0.153. The lowest BCUT2D eigenvalue weighted by molar-refractivity contribution is -0.150. The number of aliphatic hydroxyl groups is 1. The minimum atomic E-state index is -0.888. The maximum Gasteiger partial charge on any atom is 0.373 e. The second-order valence-electron chi connectivity index (χ2n) is 2.50. The van der Waals surface area contributed by atoms with Gasteiger partial charge in [0.25, 0.3) is 0 Å². The van der Waals surface area contributed by atoms with Gasteiger partial charge in [-0.3, -0.25) is 0 Å². The van der Waals surface area contributed by atoms with Crippen molar-refractivity contribution in [3.05, 3.63) is 25.0 Å². The van der Waals surface area contributed by atoms with E-state index in [2.05, 4.69) is 22.6 Å². The molecule has 0 rings (SSSR count). The molecule has 0 aliphatic heterocycles. The van der Waals surface area contributed by atoms with Crippen molar-refractivity contribution in [3.63, 3.8) is 0 Å². The third-order valence-electron chi connectivity index (χ3n) is 1.07. The van der Waals surface area contributed by atoms with E-state index in [0.29, 0.717) is 0 Å². The maximum absolute atomic E-state index is 11.0. The predicted molar refractivity (Wildman–Crippen MR) is 48.1 cm³/mol. The van der Waals surface area contributed by atoms with E-state index in [1.54, 1.807) is 0 Å². The van der Waals surface area contributed by atoms with E-state index < -0.39 is 23.8 Å². The molecule has 0 aromatic rings. The van der Waals surface area contributed by atoms with Gasteiger partial charge in [-0.25, -0.2) is 9.59 Å². The van der Waals surface area contributed by atoms with E-state index in [1.807, 2.05) is 0 Å². The topological polar surface area (TPSA) is 72.8 Å². The van der Waals surface area contributed by atoms with Crippen molar-refractivity contribution in [1.29, 1.82) is 0 Å². The molecule has 0 aliphatic rings. The zero-order valence-electron chi connectivity index (χ0n) is 7.86. The van der Waals surface area contributed by atoms with Crippen molar-refractivity contribution >= 4 is 11.9 Å². The van der Waals surface area contributed by atoms with Gasteiger partial charge >= 0.3 is 11.9 Å². The Bertz CT molecular complexity index is 254. The highest BCUT2D eigenvalue weighted by Crippen LogP contribution is 1.99. The van der Waals surface area contributed by atoms with Crippen LogP contribution >= 0.6 is 0 Å². The zero-order valence-corrected chi connectivity index (χ0v) is 7.86. The molecule has 1 N–H and O–H groups in total. The number of hydrogen-bond acceptors (Lipinski definition) is 5. The summed E-state index contributed by atoms with van der Waals surface area (Å²) in [5.41, 5.74) is 0. The third-order valence-corrected chi connectivity index (χ3v) is 1.07.